The third-order valence-electron chi connectivity index (χ3n) is 2.60. The molecule has 0 aliphatic heterocycles. The maximum Gasteiger partial charge on any atom is 0.240 e. The smallest absolute Gasteiger partial charge is 0.240 e. The van der Waals surface area contributed by atoms with Gasteiger partial charge in [-0.05, 0) is 49.2 Å². The summed E-state index contributed by atoms with van der Waals surface area (Å²) in [5.74, 6) is 0. The minimum absolute atomic E-state index is 0.205. The molecule has 2 rings (SSSR count). The Hall–Kier alpha value is -1.30. The molecule has 0 aliphatic rings. The van der Waals surface area contributed by atoms with Crippen LogP contribution >= 0.6 is 11.6 Å². The van der Waals surface area contributed by atoms with Crippen molar-refractivity contribution in [3.63, 3.8) is 0 Å². The standard InChI is InChI=1S/C13H14ClNO3S/c1-10(8-11-6-7-18-9-11)15-19(16,17)13-4-2-12(14)3-5-13/h2-7,9-10,15H,8H2,1H3/t10-/m0/s1. The summed E-state index contributed by atoms with van der Waals surface area (Å²) >= 11 is 5.74. The van der Waals surface area contributed by atoms with Crippen molar-refractivity contribution in [3.05, 3.63) is 53.4 Å². The van der Waals surface area contributed by atoms with E-state index in [0.29, 0.717) is 11.4 Å². The predicted molar refractivity (Wildman–Crippen MR) is 73.6 cm³/mol. The molecule has 0 fully saturated rings. The van der Waals surface area contributed by atoms with E-state index in [4.69, 9.17) is 16.0 Å². The lowest BCUT2D eigenvalue weighted by molar-refractivity contribution is 0.549. The van der Waals surface area contributed by atoms with Crippen molar-refractivity contribution in [3.8, 4) is 0 Å². The van der Waals surface area contributed by atoms with Gasteiger partial charge in [-0.25, -0.2) is 13.1 Å². The van der Waals surface area contributed by atoms with Crippen LogP contribution in [0.25, 0.3) is 0 Å². The van der Waals surface area contributed by atoms with E-state index in [1.165, 1.54) is 12.1 Å². The molecule has 1 heterocycles. The second-order valence-electron chi connectivity index (χ2n) is 4.31. The molecule has 1 aromatic carbocycles. The van der Waals surface area contributed by atoms with Crippen molar-refractivity contribution in [1.82, 2.24) is 4.72 Å². The molecule has 6 heteroatoms. The van der Waals surface area contributed by atoms with Crippen LogP contribution in [0, 0.1) is 0 Å². The first-order valence-corrected chi connectivity index (χ1v) is 7.62. The van der Waals surface area contributed by atoms with Crippen LogP contribution in [-0.4, -0.2) is 14.5 Å². The van der Waals surface area contributed by atoms with Crippen molar-refractivity contribution >= 4 is 21.6 Å². The van der Waals surface area contributed by atoms with E-state index in [2.05, 4.69) is 4.72 Å². The molecule has 0 radical (unpaired) electrons. The second kappa shape index (κ2) is 5.77. The first kappa shape index (κ1) is 14.1. The summed E-state index contributed by atoms with van der Waals surface area (Å²) in [6.07, 6.45) is 3.74. The number of halogens is 1. The van der Waals surface area contributed by atoms with Crippen LogP contribution in [-0.2, 0) is 16.4 Å². The minimum Gasteiger partial charge on any atom is -0.472 e. The van der Waals surface area contributed by atoms with Gasteiger partial charge in [0.1, 0.15) is 0 Å². The Morgan fingerprint density at radius 3 is 2.53 bits per heavy atom. The summed E-state index contributed by atoms with van der Waals surface area (Å²) in [5, 5.41) is 0.505. The first-order chi connectivity index (χ1) is 8.97. The monoisotopic (exact) mass is 299 g/mol. The average molecular weight is 300 g/mol. The summed E-state index contributed by atoms with van der Waals surface area (Å²) < 4.78 is 31.8. The second-order valence-corrected chi connectivity index (χ2v) is 6.46. The van der Waals surface area contributed by atoms with Crippen molar-refractivity contribution in [2.45, 2.75) is 24.3 Å². The fourth-order valence-corrected chi connectivity index (χ4v) is 3.12. The molecule has 0 saturated carbocycles. The molecule has 102 valence electrons. The van der Waals surface area contributed by atoms with Gasteiger partial charge in [0, 0.05) is 11.1 Å². The van der Waals surface area contributed by atoms with Crippen LogP contribution in [0.1, 0.15) is 12.5 Å². The molecule has 19 heavy (non-hydrogen) atoms. The third-order valence-corrected chi connectivity index (χ3v) is 4.46. The molecule has 0 unspecified atom stereocenters. The van der Waals surface area contributed by atoms with Crippen molar-refractivity contribution in [2.75, 3.05) is 0 Å². The summed E-state index contributed by atoms with van der Waals surface area (Å²) in [6, 6.07) is 7.66. The van der Waals surface area contributed by atoms with Crippen LogP contribution in [0.4, 0.5) is 0 Å². The number of nitrogens with one attached hydrogen (secondary N) is 1. The molecule has 1 N–H and O–H groups in total. The topological polar surface area (TPSA) is 59.3 Å². The van der Waals surface area contributed by atoms with Crippen LogP contribution in [0.15, 0.2) is 52.2 Å². The molecule has 1 aromatic heterocycles. The summed E-state index contributed by atoms with van der Waals surface area (Å²) in [6.45, 7) is 1.81. The highest BCUT2D eigenvalue weighted by molar-refractivity contribution is 7.89. The van der Waals surface area contributed by atoms with Crippen LogP contribution in [0.3, 0.4) is 0 Å². The molecular weight excluding hydrogens is 286 g/mol. The van der Waals surface area contributed by atoms with E-state index < -0.39 is 10.0 Å². The highest BCUT2D eigenvalue weighted by Crippen LogP contribution is 2.15. The summed E-state index contributed by atoms with van der Waals surface area (Å²) in [5.41, 5.74) is 0.950. The Labute approximate surface area is 117 Å². The van der Waals surface area contributed by atoms with Crippen molar-refractivity contribution < 1.29 is 12.8 Å². The van der Waals surface area contributed by atoms with Crippen molar-refractivity contribution in [1.29, 1.82) is 0 Å². The fraction of sp³-hybridized carbons (Fsp3) is 0.231. The van der Waals surface area contributed by atoms with Gasteiger partial charge in [0.2, 0.25) is 10.0 Å². The fourth-order valence-electron chi connectivity index (χ4n) is 1.75. The SMILES string of the molecule is C[C@@H](Cc1ccoc1)NS(=O)(=O)c1ccc(Cl)cc1. The van der Waals surface area contributed by atoms with Gasteiger partial charge in [0.15, 0.2) is 0 Å². The van der Waals surface area contributed by atoms with Gasteiger partial charge in [-0.3, -0.25) is 0 Å². The molecule has 2 aromatic rings. The number of rotatable bonds is 5. The highest BCUT2D eigenvalue weighted by atomic mass is 35.5. The molecule has 4 nitrogen and oxygen atoms in total. The quantitative estimate of drug-likeness (QED) is 0.923. The Balaban J connectivity index is 2.06. The first-order valence-electron chi connectivity index (χ1n) is 5.76. The molecule has 0 amide bonds. The number of benzene rings is 1. The summed E-state index contributed by atoms with van der Waals surface area (Å²) in [7, 11) is -3.52. The molecule has 0 bridgehead atoms. The van der Waals surface area contributed by atoms with Gasteiger partial charge in [-0.15, -0.1) is 0 Å². The number of hydrogen-bond acceptors (Lipinski definition) is 3. The average Bonchev–Trinajstić information content (AvgIpc) is 2.81. The van der Waals surface area contributed by atoms with Crippen molar-refractivity contribution in [2.24, 2.45) is 0 Å². The maximum atomic E-state index is 12.1. The van der Waals surface area contributed by atoms with Crippen LogP contribution in [0.2, 0.25) is 5.02 Å². The van der Waals surface area contributed by atoms with E-state index >= 15 is 0 Å². The van der Waals surface area contributed by atoms with Gasteiger partial charge >= 0.3 is 0 Å². The normalized spacial score (nSPS) is 13.4. The van der Waals surface area contributed by atoms with E-state index in [0.717, 1.165) is 5.56 Å². The Bertz CT molecular complexity index is 620. The predicted octanol–water partition coefficient (Wildman–Crippen LogP) is 2.84. The van der Waals surface area contributed by atoms with Gasteiger partial charge in [0.05, 0.1) is 17.4 Å². The van der Waals surface area contributed by atoms with E-state index in [1.54, 1.807) is 31.6 Å². The van der Waals surface area contributed by atoms with E-state index in [9.17, 15) is 8.42 Å². The zero-order valence-electron chi connectivity index (χ0n) is 10.3. The molecule has 0 spiro atoms. The Morgan fingerprint density at radius 1 is 1.26 bits per heavy atom. The van der Waals surface area contributed by atoms with Gasteiger partial charge < -0.3 is 4.42 Å². The van der Waals surface area contributed by atoms with Gasteiger partial charge in [-0.2, -0.15) is 0 Å². The van der Waals surface area contributed by atoms with E-state index in [-0.39, 0.29) is 10.9 Å². The highest BCUT2D eigenvalue weighted by Gasteiger charge is 2.17. The maximum absolute atomic E-state index is 12.1. The lowest BCUT2D eigenvalue weighted by Gasteiger charge is -2.13. The lowest BCUT2D eigenvalue weighted by atomic mass is 10.1. The molecular formula is C13H14ClNO3S. The molecule has 0 saturated heterocycles. The largest absolute Gasteiger partial charge is 0.472 e. The number of furan rings is 1. The van der Waals surface area contributed by atoms with Gasteiger partial charge in [-0.1, -0.05) is 11.6 Å². The number of hydrogen-bond donors (Lipinski definition) is 1. The van der Waals surface area contributed by atoms with Crippen LogP contribution < -0.4 is 4.72 Å². The Kier molecular flexibility index (Phi) is 4.29. The van der Waals surface area contributed by atoms with E-state index in [1.807, 2.05) is 6.07 Å². The third kappa shape index (κ3) is 3.83. The van der Waals surface area contributed by atoms with Gasteiger partial charge in [0.25, 0.3) is 0 Å². The lowest BCUT2D eigenvalue weighted by Crippen LogP contribution is -2.34. The summed E-state index contributed by atoms with van der Waals surface area (Å²) in [4.78, 5) is 0.205. The Morgan fingerprint density at radius 2 is 1.95 bits per heavy atom. The number of sulfonamides is 1. The molecule has 0 aliphatic carbocycles. The molecule has 1 atom stereocenters. The van der Waals surface area contributed by atoms with Crippen LogP contribution in [0.5, 0.6) is 0 Å². The zero-order valence-corrected chi connectivity index (χ0v) is 11.9. The zero-order chi connectivity index (χ0) is 13.9. The minimum atomic E-state index is -3.52.